The number of rotatable bonds is 3. The number of hydrogen-bond donors (Lipinski definition) is 0. The van der Waals surface area contributed by atoms with Crippen molar-refractivity contribution in [2.75, 3.05) is 33.2 Å². The van der Waals surface area contributed by atoms with Crippen LogP contribution in [0, 0.1) is 0 Å². The van der Waals surface area contributed by atoms with Crippen molar-refractivity contribution in [1.82, 2.24) is 9.80 Å². The second kappa shape index (κ2) is 6.61. The van der Waals surface area contributed by atoms with Crippen LogP contribution < -0.4 is 0 Å². The Hall–Kier alpha value is -1.35. The summed E-state index contributed by atoms with van der Waals surface area (Å²) in [5, 5.41) is 0. The number of hydrogen-bond acceptors (Lipinski definition) is 2. The van der Waals surface area contributed by atoms with Crippen LogP contribution >= 0.6 is 0 Å². The summed E-state index contributed by atoms with van der Waals surface area (Å²) in [4.78, 5) is 16.5. The van der Waals surface area contributed by atoms with E-state index >= 15 is 0 Å². The Morgan fingerprint density at radius 3 is 2.14 bits per heavy atom. The minimum absolute atomic E-state index is 0.189. The molecule has 0 atom stereocenters. The Bertz CT molecular complexity index is 465. The van der Waals surface area contributed by atoms with Gasteiger partial charge in [0.25, 0.3) is 0 Å². The third kappa shape index (κ3) is 4.57. The van der Waals surface area contributed by atoms with Gasteiger partial charge in [-0.1, -0.05) is 45.0 Å². The number of carbonyl (C=O) groups is 1. The molecule has 1 aliphatic heterocycles. The maximum Gasteiger partial charge on any atom is 0.222 e. The highest BCUT2D eigenvalue weighted by molar-refractivity contribution is 5.76. The van der Waals surface area contributed by atoms with Crippen molar-refractivity contribution in [1.29, 1.82) is 0 Å². The lowest BCUT2D eigenvalue weighted by Crippen LogP contribution is -2.47. The highest BCUT2D eigenvalue weighted by Gasteiger charge is 2.18. The number of amides is 1. The summed E-state index contributed by atoms with van der Waals surface area (Å²) in [6, 6.07) is 8.71. The minimum atomic E-state index is 0.189. The Labute approximate surface area is 128 Å². The van der Waals surface area contributed by atoms with Gasteiger partial charge in [0.1, 0.15) is 0 Å². The van der Waals surface area contributed by atoms with E-state index in [9.17, 15) is 4.79 Å². The number of aryl methyl sites for hydroxylation is 1. The van der Waals surface area contributed by atoms with Gasteiger partial charge in [-0.05, 0) is 30.0 Å². The highest BCUT2D eigenvalue weighted by Crippen LogP contribution is 2.22. The molecule has 1 fully saturated rings. The lowest BCUT2D eigenvalue weighted by atomic mass is 9.86. The topological polar surface area (TPSA) is 23.6 Å². The maximum atomic E-state index is 12.2. The van der Waals surface area contributed by atoms with Crippen molar-refractivity contribution in [3.63, 3.8) is 0 Å². The normalized spacial score (nSPS) is 17.0. The van der Waals surface area contributed by atoms with E-state index in [4.69, 9.17) is 0 Å². The molecule has 1 heterocycles. The maximum absolute atomic E-state index is 12.2. The predicted octanol–water partition coefficient (Wildman–Crippen LogP) is 2.69. The zero-order valence-electron chi connectivity index (χ0n) is 13.9. The summed E-state index contributed by atoms with van der Waals surface area (Å²) in [6.07, 6.45) is 1.47. The number of likely N-dealkylation sites (N-methyl/N-ethyl adjacent to an activating group) is 1. The lowest BCUT2D eigenvalue weighted by molar-refractivity contribution is -0.132. The largest absolute Gasteiger partial charge is 0.340 e. The molecule has 1 aliphatic rings. The summed E-state index contributed by atoms with van der Waals surface area (Å²) in [6.45, 7) is 10.4. The van der Waals surface area contributed by atoms with E-state index in [-0.39, 0.29) is 5.41 Å². The fourth-order valence-corrected chi connectivity index (χ4v) is 2.64. The molecule has 0 spiro atoms. The fraction of sp³-hybridized carbons (Fsp3) is 0.611. The summed E-state index contributed by atoms with van der Waals surface area (Å²) in [7, 11) is 2.11. The first-order valence-electron chi connectivity index (χ1n) is 7.92. The highest BCUT2D eigenvalue weighted by atomic mass is 16.2. The van der Waals surface area contributed by atoms with E-state index in [1.807, 2.05) is 4.90 Å². The summed E-state index contributed by atoms with van der Waals surface area (Å²) < 4.78 is 0. The van der Waals surface area contributed by atoms with Gasteiger partial charge < -0.3 is 9.80 Å². The third-order valence-electron chi connectivity index (χ3n) is 4.30. The quantitative estimate of drug-likeness (QED) is 0.854. The van der Waals surface area contributed by atoms with Crippen LogP contribution in [0.4, 0.5) is 0 Å². The first kappa shape index (κ1) is 16.0. The third-order valence-corrected chi connectivity index (χ3v) is 4.30. The molecule has 1 amide bonds. The standard InChI is InChI=1S/C18H28N2O/c1-18(2,3)16-8-5-15(6-9-16)7-10-17(21)20-13-11-19(4)12-14-20/h5-6,8-9H,7,10-14H2,1-4H3. The number of benzene rings is 1. The van der Waals surface area contributed by atoms with Crippen molar-refractivity contribution in [3.05, 3.63) is 35.4 Å². The smallest absolute Gasteiger partial charge is 0.222 e. The van der Waals surface area contributed by atoms with Gasteiger partial charge in [0.2, 0.25) is 5.91 Å². The van der Waals surface area contributed by atoms with E-state index in [1.165, 1.54) is 11.1 Å². The molecule has 21 heavy (non-hydrogen) atoms. The molecule has 116 valence electrons. The second-order valence-corrected chi connectivity index (χ2v) is 7.13. The number of carbonyl (C=O) groups excluding carboxylic acids is 1. The van der Waals surface area contributed by atoms with Crippen LogP contribution in [0.3, 0.4) is 0 Å². The van der Waals surface area contributed by atoms with Gasteiger partial charge in [0, 0.05) is 32.6 Å². The molecule has 0 aliphatic carbocycles. The van der Waals surface area contributed by atoms with E-state index in [0.717, 1.165) is 32.6 Å². The van der Waals surface area contributed by atoms with Crippen LogP contribution in [0.25, 0.3) is 0 Å². The molecular formula is C18H28N2O. The van der Waals surface area contributed by atoms with Crippen LogP contribution in [0.1, 0.15) is 38.3 Å². The monoisotopic (exact) mass is 288 g/mol. The van der Waals surface area contributed by atoms with Crippen LogP contribution in [0.5, 0.6) is 0 Å². The summed E-state index contributed by atoms with van der Waals surface area (Å²) >= 11 is 0. The van der Waals surface area contributed by atoms with Crippen molar-refractivity contribution < 1.29 is 4.79 Å². The zero-order chi connectivity index (χ0) is 15.5. The molecule has 1 saturated heterocycles. The van der Waals surface area contributed by atoms with E-state index < -0.39 is 0 Å². The number of piperazine rings is 1. The van der Waals surface area contributed by atoms with Crippen molar-refractivity contribution >= 4 is 5.91 Å². The molecule has 0 saturated carbocycles. The van der Waals surface area contributed by atoms with Crippen LogP contribution in [-0.2, 0) is 16.6 Å². The molecule has 2 rings (SSSR count). The van der Waals surface area contributed by atoms with Gasteiger partial charge >= 0.3 is 0 Å². The van der Waals surface area contributed by atoms with Crippen LogP contribution in [0.15, 0.2) is 24.3 Å². The molecule has 0 N–H and O–H groups in total. The van der Waals surface area contributed by atoms with Crippen molar-refractivity contribution in [3.8, 4) is 0 Å². The average molecular weight is 288 g/mol. The van der Waals surface area contributed by atoms with Crippen LogP contribution in [-0.4, -0.2) is 48.9 Å². The predicted molar refractivity (Wildman–Crippen MR) is 87.5 cm³/mol. The number of nitrogens with zero attached hydrogens (tertiary/aromatic N) is 2. The molecular weight excluding hydrogens is 260 g/mol. The minimum Gasteiger partial charge on any atom is -0.340 e. The van der Waals surface area contributed by atoms with Gasteiger partial charge in [-0.25, -0.2) is 0 Å². The summed E-state index contributed by atoms with van der Waals surface area (Å²) in [5.74, 6) is 0.294. The van der Waals surface area contributed by atoms with Gasteiger partial charge in [-0.2, -0.15) is 0 Å². The van der Waals surface area contributed by atoms with Gasteiger partial charge in [0.05, 0.1) is 0 Å². The molecule has 0 aromatic heterocycles. The SMILES string of the molecule is CN1CCN(C(=O)CCc2ccc(C(C)(C)C)cc2)CC1. The Morgan fingerprint density at radius 2 is 1.62 bits per heavy atom. The zero-order valence-corrected chi connectivity index (χ0v) is 13.9. The van der Waals surface area contributed by atoms with Crippen molar-refractivity contribution in [2.45, 2.75) is 39.0 Å². The molecule has 3 nitrogen and oxygen atoms in total. The Morgan fingerprint density at radius 1 is 1.05 bits per heavy atom. The molecule has 0 bridgehead atoms. The van der Waals surface area contributed by atoms with Gasteiger partial charge in [0.15, 0.2) is 0 Å². The first-order chi connectivity index (χ1) is 9.86. The molecule has 0 unspecified atom stereocenters. The first-order valence-corrected chi connectivity index (χ1v) is 7.92. The molecule has 3 heteroatoms. The van der Waals surface area contributed by atoms with Crippen LogP contribution in [0.2, 0.25) is 0 Å². The average Bonchev–Trinajstić information content (AvgIpc) is 2.45. The van der Waals surface area contributed by atoms with Gasteiger partial charge in [-0.15, -0.1) is 0 Å². The Balaban J connectivity index is 1.84. The van der Waals surface area contributed by atoms with E-state index in [0.29, 0.717) is 12.3 Å². The van der Waals surface area contributed by atoms with Crippen molar-refractivity contribution in [2.24, 2.45) is 0 Å². The fourth-order valence-electron chi connectivity index (χ4n) is 2.64. The molecule has 1 aromatic carbocycles. The summed E-state index contributed by atoms with van der Waals surface area (Å²) in [5.41, 5.74) is 2.79. The Kier molecular flexibility index (Phi) is 5.04. The lowest BCUT2D eigenvalue weighted by Gasteiger charge is -2.32. The van der Waals surface area contributed by atoms with Gasteiger partial charge in [-0.3, -0.25) is 4.79 Å². The van der Waals surface area contributed by atoms with E-state index in [1.54, 1.807) is 0 Å². The molecule has 1 aromatic rings. The molecule has 0 radical (unpaired) electrons. The second-order valence-electron chi connectivity index (χ2n) is 7.13. The van der Waals surface area contributed by atoms with E-state index in [2.05, 4.69) is 57.0 Å².